The fourth-order valence-corrected chi connectivity index (χ4v) is 1.94. The summed E-state index contributed by atoms with van der Waals surface area (Å²) >= 11 is 3.38. The zero-order valence-corrected chi connectivity index (χ0v) is 13.8. The Labute approximate surface area is 128 Å². The van der Waals surface area contributed by atoms with E-state index in [-0.39, 0.29) is 5.54 Å². The molecular formula is C15H19BrN4. The van der Waals surface area contributed by atoms with Gasteiger partial charge in [0.25, 0.3) is 0 Å². The molecule has 2 heterocycles. The Morgan fingerprint density at radius 3 is 2.55 bits per heavy atom. The second-order valence-electron chi connectivity index (χ2n) is 5.79. The zero-order chi connectivity index (χ0) is 14.8. The van der Waals surface area contributed by atoms with Gasteiger partial charge in [-0.2, -0.15) is 0 Å². The highest BCUT2D eigenvalue weighted by molar-refractivity contribution is 9.10. The van der Waals surface area contributed by atoms with E-state index >= 15 is 0 Å². The SMILES string of the molecule is Cc1cc(CNC(C)(C)C)nc(-c2ccc(Br)cn2)n1. The van der Waals surface area contributed by atoms with Gasteiger partial charge in [0.1, 0.15) is 5.69 Å². The van der Waals surface area contributed by atoms with Crippen molar-refractivity contribution in [2.75, 3.05) is 0 Å². The third-order valence-electron chi connectivity index (χ3n) is 2.66. The van der Waals surface area contributed by atoms with Gasteiger partial charge in [0.05, 0.1) is 5.69 Å². The topological polar surface area (TPSA) is 50.7 Å². The summed E-state index contributed by atoms with van der Waals surface area (Å²) in [5, 5.41) is 3.43. The van der Waals surface area contributed by atoms with Crippen LogP contribution < -0.4 is 5.32 Å². The Hall–Kier alpha value is -1.33. The molecule has 5 heteroatoms. The van der Waals surface area contributed by atoms with Gasteiger partial charge < -0.3 is 5.32 Å². The van der Waals surface area contributed by atoms with E-state index in [1.165, 1.54) is 0 Å². The number of nitrogens with zero attached hydrogens (tertiary/aromatic N) is 3. The molecule has 2 rings (SSSR count). The predicted octanol–water partition coefficient (Wildman–Crippen LogP) is 3.50. The van der Waals surface area contributed by atoms with Crippen LogP contribution in [0.1, 0.15) is 32.2 Å². The summed E-state index contributed by atoms with van der Waals surface area (Å²) in [5.74, 6) is 0.670. The van der Waals surface area contributed by atoms with E-state index in [0.717, 1.165) is 28.1 Å². The summed E-state index contributed by atoms with van der Waals surface area (Å²) in [6.45, 7) is 9.11. The third-order valence-corrected chi connectivity index (χ3v) is 3.13. The molecule has 0 atom stereocenters. The molecule has 0 radical (unpaired) electrons. The van der Waals surface area contributed by atoms with Gasteiger partial charge >= 0.3 is 0 Å². The summed E-state index contributed by atoms with van der Waals surface area (Å²) in [6.07, 6.45) is 1.76. The minimum Gasteiger partial charge on any atom is -0.306 e. The van der Waals surface area contributed by atoms with E-state index in [9.17, 15) is 0 Å². The zero-order valence-electron chi connectivity index (χ0n) is 12.2. The van der Waals surface area contributed by atoms with Crippen molar-refractivity contribution < 1.29 is 0 Å². The number of halogens is 1. The molecule has 4 nitrogen and oxygen atoms in total. The van der Waals surface area contributed by atoms with Crippen molar-refractivity contribution in [1.82, 2.24) is 20.3 Å². The maximum Gasteiger partial charge on any atom is 0.178 e. The Kier molecular flexibility index (Phi) is 4.50. The molecule has 0 bridgehead atoms. The molecular weight excluding hydrogens is 316 g/mol. The van der Waals surface area contributed by atoms with E-state index in [2.05, 4.69) is 57.0 Å². The molecule has 0 aromatic carbocycles. The van der Waals surface area contributed by atoms with Crippen LogP contribution in [0.25, 0.3) is 11.5 Å². The first kappa shape index (κ1) is 15.1. The Balaban J connectivity index is 2.26. The highest BCUT2D eigenvalue weighted by Crippen LogP contribution is 2.16. The summed E-state index contributed by atoms with van der Waals surface area (Å²) in [7, 11) is 0. The lowest BCUT2D eigenvalue weighted by molar-refractivity contribution is 0.421. The Bertz CT molecular complexity index is 588. The van der Waals surface area contributed by atoms with Crippen molar-refractivity contribution in [1.29, 1.82) is 0 Å². The van der Waals surface area contributed by atoms with Gasteiger partial charge in [0.2, 0.25) is 0 Å². The van der Waals surface area contributed by atoms with Crippen LogP contribution in [0.5, 0.6) is 0 Å². The average Bonchev–Trinajstić information content (AvgIpc) is 2.36. The van der Waals surface area contributed by atoms with E-state index in [4.69, 9.17) is 0 Å². The molecule has 0 saturated heterocycles. The van der Waals surface area contributed by atoms with Crippen molar-refractivity contribution in [3.8, 4) is 11.5 Å². The summed E-state index contributed by atoms with van der Waals surface area (Å²) in [5.41, 5.74) is 2.78. The molecule has 0 aliphatic rings. The summed E-state index contributed by atoms with van der Waals surface area (Å²) in [4.78, 5) is 13.4. The number of aromatic nitrogens is 3. The lowest BCUT2D eigenvalue weighted by Crippen LogP contribution is -2.35. The smallest absolute Gasteiger partial charge is 0.178 e. The predicted molar refractivity (Wildman–Crippen MR) is 84.3 cm³/mol. The lowest BCUT2D eigenvalue weighted by Gasteiger charge is -2.20. The molecule has 0 spiro atoms. The van der Waals surface area contributed by atoms with E-state index in [1.807, 2.05) is 25.1 Å². The molecule has 0 fully saturated rings. The molecule has 106 valence electrons. The normalized spacial score (nSPS) is 11.7. The van der Waals surface area contributed by atoms with Crippen LogP contribution in [0.3, 0.4) is 0 Å². The van der Waals surface area contributed by atoms with Crippen LogP contribution >= 0.6 is 15.9 Å². The lowest BCUT2D eigenvalue weighted by atomic mass is 10.1. The minimum absolute atomic E-state index is 0.0644. The molecule has 0 aliphatic carbocycles. The number of rotatable bonds is 3. The van der Waals surface area contributed by atoms with Crippen molar-refractivity contribution in [2.45, 2.75) is 39.8 Å². The number of nitrogens with one attached hydrogen (secondary N) is 1. The Morgan fingerprint density at radius 1 is 1.20 bits per heavy atom. The number of hydrogen-bond donors (Lipinski definition) is 1. The van der Waals surface area contributed by atoms with Crippen molar-refractivity contribution in [3.63, 3.8) is 0 Å². The second kappa shape index (κ2) is 5.97. The summed E-state index contributed by atoms with van der Waals surface area (Å²) < 4.78 is 0.948. The molecule has 0 unspecified atom stereocenters. The molecule has 0 saturated carbocycles. The third kappa shape index (κ3) is 4.35. The van der Waals surface area contributed by atoms with Crippen molar-refractivity contribution >= 4 is 15.9 Å². The molecule has 0 amide bonds. The van der Waals surface area contributed by atoms with Gasteiger partial charge in [-0.05, 0) is 61.8 Å². The van der Waals surface area contributed by atoms with Crippen LogP contribution in [0, 0.1) is 6.92 Å². The van der Waals surface area contributed by atoms with E-state index < -0.39 is 0 Å². The number of hydrogen-bond acceptors (Lipinski definition) is 4. The molecule has 1 N–H and O–H groups in total. The first-order valence-corrected chi connectivity index (χ1v) is 7.34. The minimum atomic E-state index is 0.0644. The van der Waals surface area contributed by atoms with Crippen LogP contribution in [-0.2, 0) is 6.54 Å². The van der Waals surface area contributed by atoms with Gasteiger partial charge in [-0.3, -0.25) is 4.98 Å². The van der Waals surface area contributed by atoms with Gasteiger partial charge in [-0.15, -0.1) is 0 Å². The van der Waals surface area contributed by atoms with Crippen molar-refractivity contribution in [3.05, 3.63) is 40.3 Å². The first-order valence-electron chi connectivity index (χ1n) is 6.55. The number of pyridine rings is 1. The second-order valence-corrected chi connectivity index (χ2v) is 6.71. The first-order chi connectivity index (χ1) is 9.33. The van der Waals surface area contributed by atoms with Crippen LogP contribution in [0.15, 0.2) is 28.9 Å². The maximum atomic E-state index is 4.59. The molecule has 20 heavy (non-hydrogen) atoms. The highest BCUT2D eigenvalue weighted by Gasteiger charge is 2.11. The van der Waals surface area contributed by atoms with Crippen LogP contribution in [-0.4, -0.2) is 20.5 Å². The highest BCUT2D eigenvalue weighted by atomic mass is 79.9. The fourth-order valence-electron chi connectivity index (χ4n) is 1.70. The number of aryl methyl sites for hydroxylation is 1. The standard InChI is InChI=1S/C15H19BrN4/c1-10-7-12(9-18-15(2,3)4)20-14(19-10)13-6-5-11(16)8-17-13/h5-8,18H,9H2,1-4H3. The van der Waals surface area contributed by atoms with E-state index in [1.54, 1.807) is 6.20 Å². The molecule has 2 aromatic rings. The molecule has 2 aromatic heterocycles. The van der Waals surface area contributed by atoms with Crippen LogP contribution in [0.4, 0.5) is 0 Å². The van der Waals surface area contributed by atoms with Gasteiger partial charge in [0, 0.05) is 28.4 Å². The largest absolute Gasteiger partial charge is 0.306 e. The van der Waals surface area contributed by atoms with Crippen molar-refractivity contribution in [2.24, 2.45) is 0 Å². The van der Waals surface area contributed by atoms with E-state index in [0.29, 0.717) is 5.82 Å². The van der Waals surface area contributed by atoms with Gasteiger partial charge in [-0.25, -0.2) is 9.97 Å². The average molecular weight is 335 g/mol. The van der Waals surface area contributed by atoms with Crippen LogP contribution in [0.2, 0.25) is 0 Å². The Morgan fingerprint density at radius 2 is 1.95 bits per heavy atom. The monoisotopic (exact) mass is 334 g/mol. The van der Waals surface area contributed by atoms with Gasteiger partial charge in [0.15, 0.2) is 5.82 Å². The molecule has 0 aliphatic heterocycles. The summed E-state index contributed by atoms with van der Waals surface area (Å²) in [6, 6.07) is 5.86. The fraction of sp³-hybridized carbons (Fsp3) is 0.400. The van der Waals surface area contributed by atoms with Gasteiger partial charge in [-0.1, -0.05) is 0 Å². The maximum absolute atomic E-state index is 4.59. The quantitative estimate of drug-likeness (QED) is 0.933.